The highest BCUT2D eigenvalue weighted by Gasteiger charge is 2.16. The number of halogens is 1. The monoisotopic (exact) mass is 310 g/mol. The lowest BCUT2D eigenvalue weighted by Gasteiger charge is -2.10. The number of hydrogen-bond acceptors (Lipinski definition) is 5. The van der Waals surface area contributed by atoms with Crippen LogP contribution in [0.4, 0.5) is 11.4 Å². The number of para-hydroxylation sites is 1. The molecule has 7 heteroatoms. The lowest BCUT2D eigenvalue weighted by Crippen LogP contribution is -1.95. The Hall–Kier alpha value is -1.92. The van der Waals surface area contributed by atoms with Gasteiger partial charge in [0.2, 0.25) is 0 Å². The molecule has 5 nitrogen and oxygen atoms in total. The molecule has 2 aromatic rings. The zero-order valence-electron chi connectivity index (χ0n) is 10.5. The van der Waals surface area contributed by atoms with Crippen LogP contribution in [-0.4, -0.2) is 12.0 Å². The molecule has 0 fully saturated rings. The highest BCUT2D eigenvalue weighted by atomic mass is 35.5. The van der Waals surface area contributed by atoms with E-state index in [9.17, 15) is 10.1 Å². The minimum absolute atomic E-state index is 0.128. The Morgan fingerprint density at radius 2 is 2.05 bits per heavy atom. The number of non-ortho nitro benzene ring substituents is 1. The van der Waals surface area contributed by atoms with E-state index in [1.807, 2.05) is 24.3 Å². The number of nitro benzene ring substituents is 1. The van der Waals surface area contributed by atoms with Gasteiger partial charge in [0.25, 0.3) is 5.69 Å². The molecular formula is C13H11ClN2O3S. The fourth-order valence-electron chi connectivity index (χ4n) is 1.63. The standard InChI is InChI=1S/C13H11ClN2O3S/c1-19-11-4-2-3-5-12(11)20-13-9(14)6-8(16(17)18)7-10(13)15/h2-7H,15H2,1H3. The smallest absolute Gasteiger partial charge is 0.273 e. The number of hydrogen-bond donors (Lipinski definition) is 1. The number of nitrogen functional groups attached to an aromatic ring is 1. The number of ether oxygens (including phenoxy) is 1. The first-order valence-electron chi connectivity index (χ1n) is 5.57. The van der Waals surface area contributed by atoms with Crippen molar-refractivity contribution in [1.29, 1.82) is 0 Å². The Morgan fingerprint density at radius 1 is 1.35 bits per heavy atom. The molecule has 0 aliphatic carbocycles. The van der Waals surface area contributed by atoms with Crippen LogP contribution >= 0.6 is 23.4 Å². The van der Waals surface area contributed by atoms with E-state index < -0.39 is 4.92 Å². The number of methoxy groups -OCH3 is 1. The summed E-state index contributed by atoms with van der Waals surface area (Å²) in [5, 5.41) is 11.0. The van der Waals surface area contributed by atoms with Crippen LogP contribution in [0, 0.1) is 10.1 Å². The molecule has 2 N–H and O–H groups in total. The van der Waals surface area contributed by atoms with E-state index in [2.05, 4.69) is 0 Å². The summed E-state index contributed by atoms with van der Waals surface area (Å²) in [7, 11) is 1.57. The number of rotatable bonds is 4. The number of anilines is 1. The topological polar surface area (TPSA) is 78.4 Å². The predicted octanol–water partition coefficient (Wildman–Crippen LogP) is 3.99. The summed E-state index contributed by atoms with van der Waals surface area (Å²) < 4.78 is 5.25. The van der Waals surface area contributed by atoms with Crippen molar-refractivity contribution in [2.24, 2.45) is 0 Å². The molecule has 0 radical (unpaired) electrons. The second kappa shape index (κ2) is 6.02. The van der Waals surface area contributed by atoms with Gasteiger partial charge in [-0.3, -0.25) is 10.1 Å². The zero-order valence-corrected chi connectivity index (χ0v) is 12.1. The molecule has 104 valence electrons. The van der Waals surface area contributed by atoms with E-state index in [1.165, 1.54) is 23.9 Å². The van der Waals surface area contributed by atoms with E-state index in [-0.39, 0.29) is 16.4 Å². The van der Waals surface area contributed by atoms with Crippen LogP contribution in [-0.2, 0) is 0 Å². The van der Waals surface area contributed by atoms with Crippen LogP contribution in [0.25, 0.3) is 0 Å². The average molecular weight is 311 g/mol. The molecule has 0 atom stereocenters. The maximum atomic E-state index is 10.7. The first-order chi connectivity index (χ1) is 9.52. The Kier molecular flexibility index (Phi) is 4.36. The van der Waals surface area contributed by atoms with Gasteiger partial charge in [-0.1, -0.05) is 35.5 Å². The summed E-state index contributed by atoms with van der Waals surface area (Å²) in [6, 6.07) is 9.97. The summed E-state index contributed by atoms with van der Waals surface area (Å²) in [5.41, 5.74) is 5.98. The van der Waals surface area contributed by atoms with Gasteiger partial charge in [0.1, 0.15) is 5.75 Å². The van der Waals surface area contributed by atoms with E-state index in [0.29, 0.717) is 10.6 Å². The van der Waals surface area contributed by atoms with Crippen molar-refractivity contribution in [2.75, 3.05) is 12.8 Å². The van der Waals surface area contributed by atoms with Gasteiger partial charge < -0.3 is 10.5 Å². The quantitative estimate of drug-likeness (QED) is 0.525. The Balaban J connectivity index is 2.41. The van der Waals surface area contributed by atoms with Gasteiger partial charge in [-0.25, -0.2) is 0 Å². The molecule has 0 aliphatic rings. The van der Waals surface area contributed by atoms with Crippen molar-refractivity contribution >= 4 is 34.7 Å². The van der Waals surface area contributed by atoms with Crippen LogP contribution in [0.1, 0.15) is 0 Å². The van der Waals surface area contributed by atoms with E-state index in [4.69, 9.17) is 22.1 Å². The van der Waals surface area contributed by atoms with Crippen molar-refractivity contribution in [2.45, 2.75) is 9.79 Å². The first-order valence-corrected chi connectivity index (χ1v) is 6.76. The van der Waals surface area contributed by atoms with Crippen LogP contribution in [0.3, 0.4) is 0 Å². The lowest BCUT2D eigenvalue weighted by molar-refractivity contribution is -0.384. The fourth-order valence-corrected chi connectivity index (χ4v) is 2.91. The summed E-state index contributed by atoms with van der Waals surface area (Å²) in [4.78, 5) is 11.6. The predicted molar refractivity (Wildman–Crippen MR) is 79.6 cm³/mol. The van der Waals surface area contributed by atoms with E-state index in [0.717, 1.165) is 4.90 Å². The van der Waals surface area contributed by atoms with Crippen LogP contribution in [0.2, 0.25) is 5.02 Å². The molecule has 0 unspecified atom stereocenters. The molecule has 0 spiro atoms. The fraction of sp³-hybridized carbons (Fsp3) is 0.0769. The Labute approximate surface area is 124 Å². The highest BCUT2D eigenvalue weighted by molar-refractivity contribution is 7.99. The van der Waals surface area contributed by atoms with Crippen molar-refractivity contribution in [3.05, 3.63) is 51.5 Å². The van der Waals surface area contributed by atoms with E-state index >= 15 is 0 Å². The van der Waals surface area contributed by atoms with E-state index in [1.54, 1.807) is 7.11 Å². The molecule has 2 aromatic carbocycles. The molecule has 20 heavy (non-hydrogen) atoms. The normalized spacial score (nSPS) is 10.3. The van der Waals surface area contributed by atoms with Crippen LogP contribution in [0.15, 0.2) is 46.2 Å². The van der Waals surface area contributed by atoms with Gasteiger partial charge in [0.05, 0.1) is 32.5 Å². The first kappa shape index (κ1) is 14.5. The average Bonchev–Trinajstić information content (AvgIpc) is 2.42. The highest BCUT2D eigenvalue weighted by Crippen LogP contribution is 2.42. The van der Waals surface area contributed by atoms with Gasteiger partial charge in [-0.15, -0.1) is 0 Å². The lowest BCUT2D eigenvalue weighted by atomic mass is 10.3. The third-order valence-corrected chi connectivity index (χ3v) is 4.18. The number of nitrogens with two attached hydrogens (primary N) is 1. The van der Waals surface area contributed by atoms with Gasteiger partial charge in [-0.2, -0.15) is 0 Å². The van der Waals surface area contributed by atoms with Crippen molar-refractivity contribution in [1.82, 2.24) is 0 Å². The molecule has 0 saturated carbocycles. The number of nitrogens with zero attached hydrogens (tertiary/aromatic N) is 1. The third kappa shape index (κ3) is 2.97. The largest absolute Gasteiger partial charge is 0.496 e. The minimum atomic E-state index is -0.528. The maximum Gasteiger partial charge on any atom is 0.273 e. The summed E-state index contributed by atoms with van der Waals surface area (Å²) in [6.45, 7) is 0. The second-order valence-corrected chi connectivity index (χ2v) is 5.32. The summed E-state index contributed by atoms with van der Waals surface area (Å²) in [6.07, 6.45) is 0. The molecule has 0 amide bonds. The molecule has 0 bridgehead atoms. The van der Waals surface area contributed by atoms with Crippen molar-refractivity contribution in [3.63, 3.8) is 0 Å². The summed E-state index contributed by atoms with van der Waals surface area (Å²) in [5.74, 6) is 0.686. The zero-order chi connectivity index (χ0) is 14.7. The Morgan fingerprint density at radius 3 is 2.65 bits per heavy atom. The number of nitro groups is 1. The van der Waals surface area contributed by atoms with Crippen LogP contribution < -0.4 is 10.5 Å². The molecule has 0 saturated heterocycles. The minimum Gasteiger partial charge on any atom is -0.496 e. The second-order valence-electron chi connectivity index (χ2n) is 3.86. The van der Waals surface area contributed by atoms with Crippen LogP contribution in [0.5, 0.6) is 5.75 Å². The molecule has 0 aliphatic heterocycles. The number of benzene rings is 2. The van der Waals surface area contributed by atoms with Gasteiger partial charge >= 0.3 is 0 Å². The van der Waals surface area contributed by atoms with Gasteiger partial charge in [0.15, 0.2) is 0 Å². The van der Waals surface area contributed by atoms with Crippen molar-refractivity contribution in [3.8, 4) is 5.75 Å². The molecule has 2 rings (SSSR count). The molecular weight excluding hydrogens is 300 g/mol. The molecule has 0 aromatic heterocycles. The van der Waals surface area contributed by atoms with Gasteiger partial charge in [-0.05, 0) is 12.1 Å². The van der Waals surface area contributed by atoms with Crippen molar-refractivity contribution < 1.29 is 9.66 Å². The summed E-state index contributed by atoms with van der Waals surface area (Å²) >= 11 is 7.39. The Bertz CT molecular complexity index is 641. The SMILES string of the molecule is COc1ccccc1Sc1c(N)cc([N+](=O)[O-])cc1Cl. The molecule has 0 heterocycles. The van der Waals surface area contributed by atoms with Gasteiger partial charge in [0, 0.05) is 12.1 Å². The third-order valence-electron chi connectivity index (χ3n) is 2.55. The maximum absolute atomic E-state index is 10.7.